The summed E-state index contributed by atoms with van der Waals surface area (Å²) in [5, 5.41) is 7.19. The number of rotatable bonds is 7. The van der Waals surface area contributed by atoms with E-state index in [0.717, 1.165) is 30.7 Å². The zero-order chi connectivity index (χ0) is 17.6. The fourth-order valence-electron chi connectivity index (χ4n) is 3.31. The SMILES string of the molecule is Cc1cccc(OCCNC(=O)CN2CCC[C@@H]2c2cnn(C)c2)c1. The number of nitrogens with one attached hydrogen (secondary N) is 1. The highest BCUT2D eigenvalue weighted by Gasteiger charge is 2.28. The Bertz CT molecular complexity index is 713. The molecule has 2 heterocycles. The summed E-state index contributed by atoms with van der Waals surface area (Å²) in [7, 11) is 1.92. The molecule has 2 aromatic rings. The molecule has 1 aromatic carbocycles. The topological polar surface area (TPSA) is 59.4 Å². The molecule has 0 bridgehead atoms. The zero-order valence-electron chi connectivity index (χ0n) is 14.9. The number of amides is 1. The largest absolute Gasteiger partial charge is 0.492 e. The van der Waals surface area contributed by atoms with Gasteiger partial charge in [-0.2, -0.15) is 5.10 Å². The maximum absolute atomic E-state index is 12.2. The first-order valence-electron chi connectivity index (χ1n) is 8.80. The van der Waals surface area contributed by atoms with E-state index in [1.54, 1.807) is 0 Å². The van der Waals surface area contributed by atoms with Crippen LogP contribution in [0.3, 0.4) is 0 Å². The van der Waals surface area contributed by atoms with Crippen LogP contribution >= 0.6 is 0 Å². The van der Waals surface area contributed by atoms with Crippen LogP contribution in [0, 0.1) is 6.92 Å². The van der Waals surface area contributed by atoms with Gasteiger partial charge in [0.25, 0.3) is 0 Å². The van der Waals surface area contributed by atoms with Crippen molar-refractivity contribution < 1.29 is 9.53 Å². The number of carbonyl (C=O) groups is 1. The second-order valence-corrected chi connectivity index (χ2v) is 6.59. The average molecular weight is 342 g/mol. The molecule has 6 nitrogen and oxygen atoms in total. The lowest BCUT2D eigenvalue weighted by atomic mass is 10.1. The second kappa shape index (κ2) is 8.16. The summed E-state index contributed by atoms with van der Waals surface area (Å²) in [5.41, 5.74) is 2.35. The normalized spacial score (nSPS) is 17.6. The Morgan fingerprint density at radius 2 is 2.32 bits per heavy atom. The molecule has 1 aliphatic rings. The summed E-state index contributed by atoms with van der Waals surface area (Å²) >= 11 is 0. The lowest BCUT2D eigenvalue weighted by molar-refractivity contribution is -0.122. The van der Waals surface area contributed by atoms with E-state index in [0.29, 0.717) is 25.7 Å². The first-order valence-corrected chi connectivity index (χ1v) is 8.80. The van der Waals surface area contributed by atoms with E-state index in [1.807, 2.05) is 55.3 Å². The van der Waals surface area contributed by atoms with Gasteiger partial charge in [0, 0.05) is 24.8 Å². The van der Waals surface area contributed by atoms with Crippen LogP contribution < -0.4 is 10.1 Å². The number of aromatic nitrogens is 2. The molecule has 1 N–H and O–H groups in total. The first kappa shape index (κ1) is 17.5. The molecule has 0 radical (unpaired) electrons. The fraction of sp³-hybridized carbons (Fsp3) is 0.474. The molecule has 1 aliphatic heterocycles. The minimum Gasteiger partial charge on any atom is -0.492 e. The van der Waals surface area contributed by atoms with Crippen molar-refractivity contribution in [3.05, 3.63) is 47.8 Å². The van der Waals surface area contributed by atoms with Crippen molar-refractivity contribution in [1.82, 2.24) is 20.0 Å². The lowest BCUT2D eigenvalue weighted by Gasteiger charge is -2.22. The predicted octanol–water partition coefficient (Wildman–Crippen LogP) is 2.06. The van der Waals surface area contributed by atoms with Crippen LogP contribution in [0.25, 0.3) is 0 Å². The number of ether oxygens (including phenoxy) is 1. The van der Waals surface area contributed by atoms with Crippen molar-refractivity contribution in [2.24, 2.45) is 7.05 Å². The number of aryl methyl sites for hydroxylation is 2. The standard InChI is InChI=1S/C19H26N4O2/c1-15-5-3-6-17(11-15)25-10-8-20-19(24)14-23-9-4-7-18(23)16-12-21-22(2)13-16/h3,5-6,11-13,18H,4,7-10,14H2,1-2H3,(H,20,24)/t18-/m1/s1. The number of hydrogen-bond acceptors (Lipinski definition) is 4. The maximum atomic E-state index is 12.2. The van der Waals surface area contributed by atoms with Gasteiger partial charge in [0.1, 0.15) is 12.4 Å². The van der Waals surface area contributed by atoms with Gasteiger partial charge in [-0.05, 0) is 44.0 Å². The Hall–Kier alpha value is -2.34. The molecule has 6 heteroatoms. The number of hydrogen-bond donors (Lipinski definition) is 1. The van der Waals surface area contributed by atoms with Crippen LogP contribution in [-0.2, 0) is 11.8 Å². The quantitative estimate of drug-likeness (QED) is 0.783. The molecule has 0 saturated carbocycles. The van der Waals surface area contributed by atoms with E-state index in [-0.39, 0.29) is 5.91 Å². The van der Waals surface area contributed by atoms with Gasteiger partial charge in [0.2, 0.25) is 5.91 Å². The molecular formula is C19H26N4O2. The second-order valence-electron chi connectivity index (χ2n) is 6.59. The van der Waals surface area contributed by atoms with E-state index in [4.69, 9.17) is 4.74 Å². The van der Waals surface area contributed by atoms with Gasteiger partial charge >= 0.3 is 0 Å². The van der Waals surface area contributed by atoms with E-state index < -0.39 is 0 Å². The van der Waals surface area contributed by atoms with Gasteiger partial charge in [-0.3, -0.25) is 14.4 Å². The van der Waals surface area contributed by atoms with Crippen molar-refractivity contribution in [1.29, 1.82) is 0 Å². The van der Waals surface area contributed by atoms with Gasteiger partial charge in [0.05, 0.1) is 19.3 Å². The summed E-state index contributed by atoms with van der Waals surface area (Å²) < 4.78 is 7.48. The van der Waals surface area contributed by atoms with Gasteiger partial charge in [0.15, 0.2) is 0 Å². The molecule has 1 fully saturated rings. The van der Waals surface area contributed by atoms with Crippen LogP contribution in [0.15, 0.2) is 36.7 Å². The molecule has 1 atom stereocenters. The van der Waals surface area contributed by atoms with Crippen LogP contribution in [0.4, 0.5) is 0 Å². The smallest absolute Gasteiger partial charge is 0.234 e. The van der Waals surface area contributed by atoms with E-state index in [9.17, 15) is 4.79 Å². The van der Waals surface area contributed by atoms with Crippen LogP contribution in [-0.4, -0.2) is 46.8 Å². The van der Waals surface area contributed by atoms with Gasteiger partial charge in [-0.25, -0.2) is 0 Å². The first-order chi connectivity index (χ1) is 12.1. The molecule has 25 heavy (non-hydrogen) atoms. The third kappa shape index (κ3) is 4.82. The molecule has 0 aliphatic carbocycles. The highest BCUT2D eigenvalue weighted by molar-refractivity contribution is 5.78. The Labute approximate surface area is 148 Å². The molecular weight excluding hydrogens is 316 g/mol. The van der Waals surface area contributed by atoms with Crippen LogP contribution in [0.2, 0.25) is 0 Å². The summed E-state index contributed by atoms with van der Waals surface area (Å²) in [4.78, 5) is 14.4. The molecule has 3 rings (SSSR count). The van der Waals surface area contributed by atoms with E-state index in [2.05, 4.69) is 15.3 Å². The summed E-state index contributed by atoms with van der Waals surface area (Å²) in [6.07, 6.45) is 6.13. The van der Waals surface area contributed by atoms with Crippen molar-refractivity contribution in [2.75, 3.05) is 26.2 Å². The maximum Gasteiger partial charge on any atom is 0.234 e. The monoisotopic (exact) mass is 342 g/mol. The zero-order valence-corrected chi connectivity index (χ0v) is 14.9. The molecule has 1 saturated heterocycles. The van der Waals surface area contributed by atoms with Crippen molar-refractivity contribution >= 4 is 5.91 Å². The molecule has 1 amide bonds. The summed E-state index contributed by atoms with van der Waals surface area (Å²) in [5.74, 6) is 0.883. The van der Waals surface area contributed by atoms with Crippen molar-refractivity contribution in [2.45, 2.75) is 25.8 Å². The van der Waals surface area contributed by atoms with Gasteiger partial charge in [-0.1, -0.05) is 12.1 Å². The number of likely N-dealkylation sites (tertiary alicyclic amines) is 1. The predicted molar refractivity (Wildman–Crippen MR) is 96.4 cm³/mol. The molecule has 0 unspecified atom stereocenters. The number of benzene rings is 1. The molecule has 1 aromatic heterocycles. The minimum atomic E-state index is 0.0450. The van der Waals surface area contributed by atoms with Gasteiger partial charge < -0.3 is 10.1 Å². The molecule has 0 spiro atoms. The third-order valence-corrected chi connectivity index (χ3v) is 4.50. The minimum absolute atomic E-state index is 0.0450. The Kier molecular flexibility index (Phi) is 5.71. The third-order valence-electron chi connectivity index (χ3n) is 4.50. The number of carbonyl (C=O) groups excluding carboxylic acids is 1. The Balaban J connectivity index is 1.41. The van der Waals surface area contributed by atoms with Crippen LogP contribution in [0.5, 0.6) is 5.75 Å². The fourth-order valence-corrected chi connectivity index (χ4v) is 3.31. The van der Waals surface area contributed by atoms with Crippen molar-refractivity contribution in [3.63, 3.8) is 0 Å². The number of nitrogens with zero attached hydrogens (tertiary/aromatic N) is 3. The highest BCUT2D eigenvalue weighted by atomic mass is 16.5. The summed E-state index contributed by atoms with van der Waals surface area (Å²) in [6, 6.07) is 8.21. The lowest BCUT2D eigenvalue weighted by Crippen LogP contribution is -2.38. The van der Waals surface area contributed by atoms with Crippen molar-refractivity contribution in [3.8, 4) is 5.75 Å². The Morgan fingerprint density at radius 3 is 3.08 bits per heavy atom. The Morgan fingerprint density at radius 1 is 1.44 bits per heavy atom. The van der Waals surface area contributed by atoms with E-state index in [1.165, 1.54) is 5.56 Å². The molecule has 134 valence electrons. The van der Waals surface area contributed by atoms with Crippen LogP contribution in [0.1, 0.15) is 30.0 Å². The highest BCUT2D eigenvalue weighted by Crippen LogP contribution is 2.30. The average Bonchev–Trinajstić information content (AvgIpc) is 3.20. The summed E-state index contributed by atoms with van der Waals surface area (Å²) in [6.45, 7) is 4.39. The van der Waals surface area contributed by atoms with E-state index >= 15 is 0 Å². The van der Waals surface area contributed by atoms with Gasteiger partial charge in [-0.15, -0.1) is 0 Å².